The van der Waals surface area contributed by atoms with E-state index in [4.69, 9.17) is 0 Å². The average molecular weight is 423 g/mol. The van der Waals surface area contributed by atoms with Crippen molar-refractivity contribution in [1.29, 1.82) is 0 Å². The molecule has 2 heterocycles. The molecule has 2 aliphatic rings. The Kier molecular flexibility index (Phi) is 6.30. The SMILES string of the molecule is O=C(c1ccccc1F)N1CCN(C(=O)C(c2ccccc2)N2CCCCC2=O)CC1. The molecular weight excluding hydrogens is 397 g/mol. The summed E-state index contributed by atoms with van der Waals surface area (Å²) in [4.78, 5) is 43.8. The molecule has 0 spiro atoms. The van der Waals surface area contributed by atoms with E-state index in [1.165, 1.54) is 12.1 Å². The van der Waals surface area contributed by atoms with E-state index in [-0.39, 0.29) is 23.3 Å². The van der Waals surface area contributed by atoms with Crippen LogP contribution in [-0.4, -0.2) is 65.1 Å². The van der Waals surface area contributed by atoms with Crippen LogP contribution in [0.2, 0.25) is 0 Å². The van der Waals surface area contributed by atoms with Crippen LogP contribution in [-0.2, 0) is 9.59 Å². The van der Waals surface area contributed by atoms with Gasteiger partial charge in [0.1, 0.15) is 11.9 Å². The first-order chi connectivity index (χ1) is 15.1. The van der Waals surface area contributed by atoms with Gasteiger partial charge in [0.05, 0.1) is 5.56 Å². The van der Waals surface area contributed by atoms with Gasteiger partial charge >= 0.3 is 0 Å². The number of likely N-dealkylation sites (tertiary alicyclic amines) is 1. The molecular formula is C24H26FN3O3. The van der Waals surface area contributed by atoms with Crippen molar-refractivity contribution in [3.63, 3.8) is 0 Å². The summed E-state index contributed by atoms with van der Waals surface area (Å²) in [6.45, 7) is 1.92. The monoisotopic (exact) mass is 423 g/mol. The second kappa shape index (κ2) is 9.29. The topological polar surface area (TPSA) is 60.9 Å². The molecule has 0 bridgehead atoms. The highest BCUT2D eigenvalue weighted by atomic mass is 19.1. The Balaban J connectivity index is 1.48. The highest BCUT2D eigenvalue weighted by Gasteiger charge is 2.36. The highest BCUT2D eigenvalue weighted by Crippen LogP contribution is 2.28. The smallest absolute Gasteiger partial charge is 0.256 e. The number of nitrogens with zero attached hydrogens (tertiary/aromatic N) is 3. The molecule has 2 fully saturated rings. The summed E-state index contributed by atoms with van der Waals surface area (Å²) in [7, 11) is 0. The van der Waals surface area contributed by atoms with Gasteiger partial charge in [-0.1, -0.05) is 42.5 Å². The van der Waals surface area contributed by atoms with Crippen molar-refractivity contribution >= 4 is 17.7 Å². The van der Waals surface area contributed by atoms with Crippen LogP contribution in [0.5, 0.6) is 0 Å². The Labute approximate surface area is 181 Å². The van der Waals surface area contributed by atoms with Gasteiger partial charge in [-0.25, -0.2) is 4.39 Å². The van der Waals surface area contributed by atoms with Crippen molar-refractivity contribution in [3.8, 4) is 0 Å². The summed E-state index contributed by atoms with van der Waals surface area (Å²) >= 11 is 0. The molecule has 0 aromatic heterocycles. The van der Waals surface area contributed by atoms with Crippen molar-refractivity contribution in [2.45, 2.75) is 25.3 Å². The summed E-state index contributed by atoms with van der Waals surface area (Å²) in [5, 5.41) is 0. The van der Waals surface area contributed by atoms with E-state index in [1.807, 2.05) is 30.3 Å². The minimum atomic E-state index is -0.650. The van der Waals surface area contributed by atoms with E-state index in [0.29, 0.717) is 39.1 Å². The predicted octanol–water partition coefficient (Wildman–Crippen LogP) is 2.86. The molecule has 6 nitrogen and oxygen atoms in total. The fourth-order valence-corrected chi connectivity index (χ4v) is 4.30. The van der Waals surface area contributed by atoms with Crippen LogP contribution in [0.15, 0.2) is 54.6 Å². The summed E-state index contributed by atoms with van der Waals surface area (Å²) in [6.07, 6.45) is 2.19. The lowest BCUT2D eigenvalue weighted by atomic mass is 9.99. The Morgan fingerprint density at radius 2 is 1.45 bits per heavy atom. The van der Waals surface area contributed by atoms with Gasteiger partial charge < -0.3 is 14.7 Å². The number of hydrogen-bond acceptors (Lipinski definition) is 3. The van der Waals surface area contributed by atoms with Gasteiger partial charge in [0.25, 0.3) is 5.91 Å². The molecule has 3 amide bonds. The molecule has 31 heavy (non-hydrogen) atoms. The first-order valence-electron chi connectivity index (χ1n) is 10.7. The minimum absolute atomic E-state index is 0.00168. The zero-order valence-corrected chi connectivity index (χ0v) is 17.4. The van der Waals surface area contributed by atoms with Crippen molar-refractivity contribution < 1.29 is 18.8 Å². The van der Waals surface area contributed by atoms with Crippen LogP contribution in [0.4, 0.5) is 4.39 Å². The van der Waals surface area contributed by atoms with Gasteiger partial charge in [-0.15, -0.1) is 0 Å². The minimum Gasteiger partial charge on any atom is -0.337 e. The quantitative estimate of drug-likeness (QED) is 0.760. The van der Waals surface area contributed by atoms with E-state index >= 15 is 0 Å². The van der Waals surface area contributed by atoms with Gasteiger partial charge in [-0.2, -0.15) is 0 Å². The predicted molar refractivity (Wildman–Crippen MR) is 114 cm³/mol. The lowest BCUT2D eigenvalue weighted by Crippen LogP contribution is -2.54. The van der Waals surface area contributed by atoms with Crippen molar-refractivity contribution in [2.24, 2.45) is 0 Å². The van der Waals surface area contributed by atoms with Crippen LogP contribution >= 0.6 is 0 Å². The van der Waals surface area contributed by atoms with Crippen LogP contribution in [0, 0.1) is 5.82 Å². The Morgan fingerprint density at radius 1 is 0.806 bits per heavy atom. The molecule has 0 N–H and O–H groups in total. The van der Waals surface area contributed by atoms with E-state index in [1.54, 1.807) is 26.8 Å². The maximum Gasteiger partial charge on any atom is 0.256 e. The first kappa shape index (κ1) is 21.0. The Bertz CT molecular complexity index is 958. The molecule has 0 aliphatic carbocycles. The van der Waals surface area contributed by atoms with E-state index in [2.05, 4.69) is 0 Å². The fourth-order valence-electron chi connectivity index (χ4n) is 4.30. The lowest BCUT2D eigenvalue weighted by molar-refractivity contribution is -0.148. The number of amides is 3. The van der Waals surface area contributed by atoms with E-state index in [0.717, 1.165) is 18.4 Å². The molecule has 2 saturated heterocycles. The Hall–Kier alpha value is -3.22. The number of benzene rings is 2. The Morgan fingerprint density at radius 3 is 2.13 bits per heavy atom. The third kappa shape index (κ3) is 4.45. The lowest BCUT2D eigenvalue weighted by Gasteiger charge is -2.40. The molecule has 0 radical (unpaired) electrons. The standard InChI is InChI=1S/C24H26FN3O3/c25-20-11-5-4-10-19(20)23(30)26-14-16-27(17-15-26)24(31)22(18-8-2-1-3-9-18)28-13-7-6-12-21(28)29/h1-5,8-11,22H,6-7,12-17H2. The van der Waals surface area contributed by atoms with Gasteiger partial charge in [-0.3, -0.25) is 14.4 Å². The fraction of sp³-hybridized carbons (Fsp3) is 0.375. The molecule has 4 rings (SSSR count). The molecule has 2 aromatic carbocycles. The van der Waals surface area contributed by atoms with Crippen LogP contribution < -0.4 is 0 Å². The molecule has 0 saturated carbocycles. The number of carbonyl (C=O) groups excluding carboxylic acids is 3. The molecule has 1 unspecified atom stereocenters. The van der Waals surface area contributed by atoms with Gasteiger partial charge in [0.2, 0.25) is 11.8 Å². The highest BCUT2D eigenvalue weighted by molar-refractivity contribution is 5.95. The van der Waals surface area contributed by atoms with Crippen LogP contribution in [0.25, 0.3) is 0 Å². The average Bonchev–Trinajstić information content (AvgIpc) is 2.81. The summed E-state index contributed by atoms with van der Waals surface area (Å²) in [5.74, 6) is -1.03. The molecule has 162 valence electrons. The number of halogens is 1. The maximum absolute atomic E-state index is 14.0. The van der Waals surface area contributed by atoms with Crippen LogP contribution in [0.1, 0.15) is 41.2 Å². The number of hydrogen-bond donors (Lipinski definition) is 0. The van der Waals surface area contributed by atoms with Crippen LogP contribution in [0.3, 0.4) is 0 Å². The molecule has 2 aliphatic heterocycles. The summed E-state index contributed by atoms with van der Waals surface area (Å²) in [5.41, 5.74) is 0.843. The third-order valence-corrected chi connectivity index (χ3v) is 6.00. The first-order valence-corrected chi connectivity index (χ1v) is 10.7. The third-order valence-electron chi connectivity index (χ3n) is 6.00. The van der Waals surface area contributed by atoms with Crippen molar-refractivity contribution in [1.82, 2.24) is 14.7 Å². The zero-order chi connectivity index (χ0) is 21.8. The van der Waals surface area contributed by atoms with Gasteiger partial charge in [-0.05, 0) is 30.5 Å². The summed E-state index contributed by atoms with van der Waals surface area (Å²) in [6, 6.07) is 14.7. The number of carbonyl (C=O) groups is 3. The number of rotatable bonds is 4. The van der Waals surface area contributed by atoms with E-state index in [9.17, 15) is 18.8 Å². The molecule has 1 atom stereocenters. The second-order valence-electron chi connectivity index (χ2n) is 7.95. The second-order valence-corrected chi connectivity index (χ2v) is 7.95. The van der Waals surface area contributed by atoms with E-state index < -0.39 is 11.9 Å². The van der Waals surface area contributed by atoms with Gasteiger partial charge in [0.15, 0.2) is 0 Å². The molecule has 2 aromatic rings. The largest absolute Gasteiger partial charge is 0.337 e. The van der Waals surface area contributed by atoms with Crippen molar-refractivity contribution in [2.75, 3.05) is 32.7 Å². The van der Waals surface area contributed by atoms with Gasteiger partial charge in [0, 0.05) is 39.1 Å². The molecule has 7 heteroatoms. The zero-order valence-electron chi connectivity index (χ0n) is 17.4. The number of piperidine rings is 1. The normalized spacial score (nSPS) is 18.1. The number of piperazine rings is 1. The summed E-state index contributed by atoms with van der Waals surface area (Å²) < 4.78 is 14.0. The maximum atomic E-state index is 14.0. The van der Waals surface area contributed by atoms with Crippen molar-refractivity contribution in [3.05, 3.63) is 71.5 Å².